The third-order valence-electron chi connectivity index (χ3n) is 7.16. The van der Waals surface area contributed by atoms with E-state index in [-0.39, 0.29) is 53.1 Å². The van der Waals surface area contributed by atoms with Crippen LogP contribution in [0, 0.1) is 5.41 Å². The summed E-state index contributed by atoms with van der Waals surface area (Å²) in [5, 5.41) is 42.5. The van der Waals surface area contributed by atoms with Crippen molar-refractivity contribution in [3.05, 3.63) is 23.0 Å². The molecule has 0 spiro atoms. The normalized spacial score (nSPS) is 21.7. The molecule has 0 bridgehead atoms. The van der Waals surface area contributed by atoms with Crippen LogP contribution in [0.5, 0.6) is 0 Å². The third kappa shape index (κ3) is 6.87. The van der Waals surface area contributed by atoms with Crippen molar-refractivity contribution in [1.29, 1.82) is 5.41 Å². The summed E-state index contributed by atoms with van der Waals surface area (Å²) in [6.45, 7) is 1.49. The lowest BCUT2D eigenvalue weighted by molar-refractivity contribution is -0.153. The molecule has 0 radical (unpaired) electrons. The summed E-state index contributed by atoms with van der Waals surface area (Å²) < 4.78 is 33.8. The van der Waals surface area contributed by atoms with E-state index in [2.05, 4.69) is 41.6 Å². The zero-order chi connectivity index (χ0) is 31.6. The lowest BCUT2D eigenvalue weighted by Crippen LogP contribution is -2.73. The van der Waals surface area contributed by atoms with Gasteiger partial charge in [0, 0.05) is 24.3 Å². The lowest BCUT2D eigenvalue weighted by Gasteiger charge is -2.43. The highest BCUT2D eigenvalue weighted by Gasteiger charge is 2.56. The van der Waals surface area contributed by atoms with Crippen molar-refractivity contribution < 1.29 is 37.3 Å². The number of amides is 2. The van der Waals surface area contributed by atoms with Crippen molar-refractivity contribution in [2.24, 2.45) is 5.16 Å². The number of oxime groups is 1. The highest BCUT2D eigenvalue weighted by molar-refractivity contribution is 7.84. The predicted octanol–water partition coefficient (Wildman–Crippen LogP) is -2.78. The van der Waals surface area contributed by atoms with Crippen LogP contribution in [0.25, 0.3) is 0 Å². The van der Waals surface area contributed by atoms with E-state index in [0.717, 1.165) is 42.1 Å². The quantitative estimate of drug-likeness (QED) is 0.0377. The van der Waals surface area contributed by atoms with Crippen molar-refractivity contribution in [2.45, 2.75) is 62.5 Å². The molecule has 20 nitrogen and oxygen atoms in total. The number of nitrogen functional groups attached to an aromatic ring is 1. The molecule has 1 saturated carbocycles. The maximum atomic E-state index is 13.3. The van der Waals surface area contributed by atoms with Gasteiger partial charge in [-0.05, 0) is 25.9 Å². The van der Waals surface area contributed by atoms with E-state index in [0.29, 0.717) is 5.69 Å². The van der Waals surface area contributed by atoms with Gasteiger partial charge >= 0.3 is 16.3 Å². The first-order valence-electron chi connectivity index (χ1n) is 13.4. The minimum atomic E-state index is -5.02. The van der Waals surface area contributed by atoms with Crippen molar-refractivity contribution >= 4 is 56.2 Å². The fourth-order valence-electron chi connectivity index (χ4n) is 4.61. The van der Waals surface area contributed by atoms with Gasteiger partial charge < -0.3 is 36.9 Å². The number of hydrogen-bond acceptors (Lipinski definition) is 14. The molecular formula is C22H30N12O8S2. The van der Waals surface area contributed by atoms with Crippen LogP contribution in [-0.4, -0.2) is 109 Å². The second kappa shape index (κ2) is 12.3. The van der Waals surface area contributed by atoms with Crippen molar-refractivity contribution in [1.82, 2.24) is 45.6 Å². The minimum Gasteiger partial charge on any atom is -0.478 e. The molecule has 2 aliphatic heterocycles. The van der Waals surface area contributed by atoms with E-state index < -0.39 is 51.5 Å². The fraction of sp³-hybridized carbons (Fsp3) is 0.545. The van der Waals surface area contributed by atoms with Crippen LogP contribution in [0.1, 0.15) is 37.1 Å². The van der Waals surface area contributed by atoms with E-state index in [1.165, 1.54) is 11.6 Å². The Morgan fingerprint density at radius 3 is 2.64 bits per heavy atom. The molecule has 238 valence electrons. The van der Waals surface area contributed by atoms with Gasteiger partial charge in [0.05, 0.1) is 19.3 Å². The molecule has 3 aliphatic rings. The Labute approximate surface area is 253 Å². The smallest absolute Gasteiger partial charge is 0.362 e. The molecule has 2 atom stereocenters. The van der Waals surface area contributed by atoms with Crippen LogP contribution < -0.4 is 27.0 Å². The van der Waals surface area contributed by atoms with Gasteiger partial charge in [0.2, 0.25) is 5.60 Å². The van der Waals surface area contributed by atoms with Crippen molar-refractivity contribution in [2.75, 3.05) is 18.8 Å². The van der Waals surface area contributed by atoms with E-state index in [1.54, 1.807) is 0 Å². The van der Waals surface area contributed by atoms with E-state index in [4.69, 9.17) is 16.0 Å². The van der Waals surface area contributed by atoms with Crippen LogP contribution in [0.2, 0.25) is 0 Å². The number of aromatic nitrogens is 4. The van der Waals surface area contributed by atoms with Gasteiger partial charge in [0.25, 0.3) is 11.8 Å². The number of thiazole rings is 1. The minimum absolute atomic E-state index is 0.0627. The second-order valence-corrected chi connectivity index (χ2v) is 12.5. The van der Waals surface area contributed by atoms with Gasteiger partial charge in [-0.15, -0.1) is 11.3 Å². The van der Waals surface area contributed by atoms with E-state index in [9.17, 15) is 32.5 Å². The summed E-state index contributed by atoms with van der Waals surface area (Å²) in [5.74, 6) is -3.34. The lowest BCUT2D eigenvalue weighted by atomic mass is 9.98. The van der Waals surface area contributed by atoms with Gasteiger partial charge in [-0.2, -0.15) is 23.4 Å². The molecule has 9 N–H and O–H groups in total. The molecular weight excluding hydrogens is 624 g/mol. The number of anilines is 1. The summed E-state index contributed by atoms with van der Waals surface area (Å²) in [6.07, 6.45) is 3.46. The first kappa shape index (κ1) is 31.0. The van der Waals surface area contributed by atoms with Gasteiger partial charge in [-0.1, -0.05) is 5.16 Å². The maximum absolute atomic E-state index is 13.3. The van der Waals surface area contributed by atoms with Crippen LogP contribution in [0.3, 0.4) is 0 Å². The molecule has 4 heterocycles. The average Bonchev–Trinajstić information content (AvgIpc) is 3.43. The highest BCUT2D eigenvalue weighted by atomic mass is 32.2. The number of carbonyl (C=O) groups is 3. The molecule has 1 aliphatic carbocycles. The van der Waals surface area contributed by atoms with Crippen molar-refractivity contribution in [3.63, 3.8) is 0 Å². The monoisotopic (exact) mass is 654 g/mol. The molecule has 2 amide bonds. The summed E-state index contributed by atoms with van der Waals surface area (Å²) in [6, 6.07) is -2.65. The number of carboxylic acid groups (broad SMARTS) is 1. The highest BCUT2D eigenvalue weighted by Crippen LogP contribution is 2.40. The Morgan fingerprint density at radius 2 is 2.02 bits per heavy atom. The van der Waals surface area contributed by atoms with Crippen LogP contribution in [0.15, 0.2) is 16.7 Å². The topological polar surface area (TPSA) is 292 Å². The molecule has 0 aromatic carbocycles. The Morgan fingerprint density at radius 1 is 1.30 bits per heavy atom. The van der Waals surface area contributed by atoms with Gasteiger partial charge in [0.1, 0.15) is 23.5 Å². The number of guanidine groups is 1. The molecule has 2 aromatic rings. The summed E-state index contributed by atoms with van der Waals surface area (Å²) in [7, 11) is -5.02. The second-order valence-electron chi connectivity index (χ2n) is 10.3. The van der Waals surface area contributed by atoms with Crippen LogP contribution in [-0.2, 0) is 42.6 Å². The predicted molar refractivity (Wildman–Crippen MR) is 151 cm³/mol. The fourth-order valence-corrected chi connectivity index (χ4v) is 6.03. The average molecular weight is 655 g/mol. The van der Waals surface area contributed by atoms with Crippen LogP contribution >= 0.6 is 11.3 Å². The Kier molecular flexibility index (Phi) is 8.67. The number of piperidine rings is 1. The number of nitrogens with zero attached hydrogens (tertiary/aromatic N) is 6. The summed E-state index contributed by atoms with van der Waals surface area (Å²) in [5.41, 5.74) is 3.91. The first-order chi connectivity index (χ1) is 20.9. The molecule has 2 aromatic heterocycles. The molecule has 5 rings (SSSR count). The molecule has 2 saturated heterocycles. The van der Waals surface area contributed by atoms with Gasteiger partial charge in [-0.3, -0.25) is 19.6 Å². The SMILES string of the molecule is N=C(NCc1cnn(C[C@@H]2[C@H](NC(=O)/C(=N\OC3(C(=O)O)CC3)c3csc(N)n3)C(=O)N2S(=O)(=O)O)n1)NC1CCNCC1. The number of carboxylic acids is 1. The number of nitrogens with one attached hydrogen (secondary N) is 5. The summed E-state index contributed by atoms with van der Waals surface area (Å²) >= 11 is 0.969. The van der Waals surface area contributed by atoms with E-state index >= 15 is 0 Å². The van der Waals surface area contributed by atoms with Gasteiger partial charge in [0.15, 0.2) is 16.8 Å². The largest absolute Gasteiger partial charge is 0.478 e. The zero-order valence-corrected chi connectivity index (χ0v) is 24.6. The van der Waals surface area contributed by atoms with Crippen molar-refractivity contribution in [3.8, 4) is 0 Å². The molecule has 44 heavy (non-hydrogen) atoms. The standard InChI is InChI=1S/C22H30N12O8S2/c23-20(28-11-1-5-25-6-2-11)26-7-12-8-27-33(31-12)9-14-16(18(36)34(14)44(39,40)41)30-17(35)15(13-10-43-21(24)29-13)32-42-22(3-4-22)19(37)38/h8,10-11,14,16,25H,1-7,9H2,(H2,24,29)(H,30,35)(H,37,38)(H3,23,26,28)(H,39,40,41)/b32-15-/t14-,16+/m1/s1. The zero-order valence-electron chi connectivity index (χ0n) is 23.0. The number of rotatable bonds is 12. The molecule has 3 fully saturated rings. The number of nitrogens with two attached hydrogens (primary N) is 1. The number of hydrogen-bond donors (Lipinski definition) is 8. The Balaban J connectivity index is 1.26. The first-order valence-corrected chi connectivity index (χ1v) is 15.6. The Hall–Kier alpha value is -4.41. The molecule has 0 unspecified atom stereocenters. The summed E-state index contributed by atoms with van der Waals surface area (Å²) in [4.78, 5) is 47.7. The number of carbonyl (C=O) groups excluding carboxylic acids is 2. The Bertz CT molecular complexity index is 1580. The van der Waals surface area contributed by atoms with Crippen LogP contribution in [0.4, 0.5) is 5.13 Å². The van der Waals surface area contributed by atoms with E-state index in [1.807, 2.05) is 0 Å². The molecule has 22 heteroatoms. The third-order valence-corrected chi connectivity index (χ3v) is 8.78. The number of β-lactam (4-membered cyclic amide) rings is 1. The number of aliphatic carboxylic acids is 1. The van der Waals surface area contributed by atoms with Gasteiger partial charge in [-0.25, -0.2) is 14.1 Å². The maximum Gasteiger partial charge on any atom is 0.362 e.